The number of carbonyl (C=O) groups is 1. The average molecular weight is 329 g/mol. The molecule has 0 bridgehead atoms. The molecule has 1 aromatic carbocycles. The summed E-state index contributed by atoms with van der Waals surface area (Å²) in [5, 5.41) is 3.32. The Morgan fingerprint density at radius 1 is 1.37 bits per heavy atom. The predicted molar refractivity (Wildman–Crippen MR) is 75.0 cm³/mol. The lowest BCUT2D eigenvalue weighted by molar-refractivity contribution is -0.118. The van der Waals surface area contributed by atoms with Crippen LogP contribution in [-0.2, 0) is 11.3 Å². The number of carbonyl (C=O) groups excluding carboxylic acids is 1. The van der Waals surface area contributed by atoms with E-state index in [0.717, 1.165) is 47.5 Å². The highest BCUT2D eigenvalue weighted by Gasteiger charge is 2.17. The molecule has 0 atom stereocenters. The van der Waals surface area contributed by atoms with Crippen molar-refractivity contribution in [3.63, 3.8) is 0 Å². The number of benzene rings is 1. The number of nitrogens with two attached hydrogens (primary N) is 1. The SMILES string of the molecule is NC(=O)CCCCNCc1cc(Br)c2c(c1)OCO2. The summed E-state index contributed by atoms with van der Waals surface area (Å²) < 4.78 is 11.6. The van der Waals surface area contributed by atoms with Gasteiger partial charge < -0.3 is 20.5 Å². The minimum atomic E-state index is -0.236. The number of nitrogens with one attached hydrogen (secondary N) is 1. The predicted octanol–water partition coefficient (Wildman–Crippen LogP) is 1.92. The molecule has 1 aliphatic heterocycles. The Morgan fingerprint density at radius 2 is 2.21 bits per heavy atom. The van der Waals surface area contributed by atoms with Gasteiger partial charge in [-0.15, -0.1) is 0 Å². The van der Waals surface area contributed by atoms with Crippen molar-refractivity contribution in [2.24, 2.45) is 5.73 Å². The summed E-state index contributed by atoms with van der Waals surface area (Å²) in [5.41, 5.74) is 6.21. The Kier molecular flexibility index (Phi) is 5.04. The van der Waals surface area contributed by atoms with E-state index in [1.54, 1.807) is 0 Å². The van der Waals surface area contributed by atoms with Crippen molar-refractivity contribution in [1.29, 1.82) is 0 Å². The fourth-order valence-corrected chi connectivity index (χ4v) is 2.51. The maximum atomic E-state index is 10.6. The first-order valence-corrected chi connectivity index (χ1v) is 7.03. The van der Waals surface area contributed by atoms with Gasteiger partial charge in [0.05, 0.1) is 4.47 Å². The summed E-state index contributed by atoms with van der Waals surface area (Å²) >= 11 is 3.46. The molecule has 104 valence electrons. The van der Waals surface area contributed by atoms with Gasteiger partial charge in [-0.25, -0.2) is 0 Å². The van der Waals surface area contributed by atoms with Crippen LogP contribution < -0.4 is 20.5 Å². The van der Waals surface area contributed by atoms with Crippen LogP contribution in [0.25, 0.3) is 0 Å². The Bertz CT molecular complexity index is 465. The third kappa shape index (κ3) is 4.11. The van der Waals surface area contributed by atoms with Gasteiger partial charge in [-0.3, -0.25) is 4.79 Å². The summed E-state index contributed by atoms with van der Waals surface area (Å²) in [6.07, 6.45) is 2.22. The summed E-state index contributed by atoms with van der Waals surface area (Å²) in [6.45, 7) is 1.89. The van der Waals surface area contributed by atoms with Gasteiger partial charge in [-0.1, -0.05) is 0 Å². The van der Waals surface area contributed by atoms with E-state index in [9.17, 15) is 4.79 Å². The first-order chi connectivity index (χ1) is 9.16. The van der Waals surface area contributed by atoms with Crippen LogP contribution in [0.15, 0.2) is 16.6 Å². The highest BCUT2D eigenvalue weighted by atomic mass is 79.9. The maximum Gasteiger partial charge on any atom is 0.231 e. The van der Waals surface area contributed by atoms with E-state index < -0.39 is 0 Å². The van der Waals surface area contributed by atoms with Crippen LogP contribution in [0.3, 0.4) is 0 Å². The summed E-state index contributed by atoms with van der Waals surface area (Å²) in [7, 11) is 0. The topological polar surface area (TPSA) is 73.6 Å². The highest BCUT2D eigenvalue weighted by molar-refractivity contribution is 9.10. The zero-order chi connectivity index (χ0) is 13.7. The number of hydrogen-bond donors (Lipinski definition) is 2. The van der Waals surface area contributed by atoms with E-state index in [2.05, 4.69) is 21.2 Å². The van der Waals surface area contributed by atoms with E-state index >= 15 is 0 Å². The number of unbranched alkanes of at least 4 members (excludes halogenated alkanes) is 1. The van der Waals surface area contributed by atoms with Gasteiger partial charge in [-0.2, -0.15) is 0 Å². The van der Waals surface area contributed by atoms with Crippen LogP contribution in [0.5, 0.6) is 11.5 Å². The molecule has 1 heterocycles. The molecule has 2 rings (SSSR count). The fraction of sp³-hybridized carbons (Fsp3) is 0.462. The van der Waals surface area contributed by atoms with Gasteiger partial charge in [0.2, 0.25) is 12.7 Å². The number of fused-ring (bicyclic) bond motifs is 1. The second-order valence-electron chi connectivity index (χ2n) is 4.41. The van der Waals surface area contributed by atoms with E-state index in [4.69, 9.17) is 15.2 Å². The van der Waals surface area contributed by atoms with E-state index in [1.807, 2.05) is 12.1 Å². The minimum absolute atomic E-state index is 0.236. The van der Waals surface area contributed by atoms with Crippen molar-refractivity contribution >= 4 is 21.8 Å². The third-order valence-corrected chi connectivity index (χ3v) is 3.43. The molecule has 1 aromatic rings. The lowest BCUT2D eigenvalue weighted by Crippen LogP contribution is -2.16. The lowest BCUT2D eigenvalue weighted by atomic mass is 10.2. The third-order valence-electron chi connectivity index (χ3n) is 2.84. The molecule has 0 fully saturated rings. The van der Waals surface area contributed by atoms with Crippen molar-refractivity contribution in [2.45, 2.75) is 25.8 Å². The second-order valence-corrected chi connectivity index (χ2v) is 5.27. The molecule has 19 heavy (non-hydrogen) atoms. The summed E-state index contributed by atoms with van der Waals surface area (Å²) in [4.78, 5) is 10.6. The van der Waals surface area contributed by atoms with Crippen molar-refractivity contribution in [2.75, 3.05) is 13.3 Å². The molecular weight excluding hydrogens is 312 g/mol. The molecule has 0 radical (unpaired) electrons. The zero-order valence-corrected chi connectivity index (χ0v) is 12.2. The fourth-order valence-electron chi connectivity index (χ4n) is 1.90. The number of ether oxygens (including phenoxy) is 2. The molecule has 0 aliphatic carbocycles. The van der Waals surface area contributed by atoms with E-state index in [0.29, 0.717) is 6.42 Å². The zero-order valence-electron chi connectivity index (χ0n) is 10.6. The molecule has 0 unspecified atom stereocenters. The molecule has 0 saturated carbocycles. The van der Waals surface area contributed by atoms with Gasteiger partial charge in [0.15, 0.2) is 11.5 Å². The van der Waals surface area contributed by atoms with Gasteiger partial charge in [-0.05, 0) is 53.0 Å². The monoisotopic (exact) mass is 328 g/mol. The first kappa shape index (κ1) is 14.1. The van der Waals surface area contributed by atoms with Gasteiger partial charge in [0.25, 0.3) is 0 Å². The summed E-state index contributed by atoms with van der Waals surface area (Å²) in [5.74, 6) is 1.31. The van der Waals surface area contributed by atoms with Gasteiger partial charge >= 0.3 is 0 Å². The van der Waals surface area contributed by atoms with Gasteiger partial charge in [0, 0.05) is 13.0 Å². The smallest absolute Gasteiger partial charge is 0.231 e. The molecular formula is C13H17BrN2O3. The largest absolute Gasteiger partial charge is 0.454 e. The van der Waals surface area contributed by atoms with Crippen LogP contribution in [0.4, 0.5) is 0 Å². The van der Waals surface area contributed by atoms with Gasteiger partial charge in [0.1, 0.15) is 0 Å². The number of amides is 1. The van der Waals surface area contributed by atoms with Crippen LogP contribution in [0, 0.1) is 0 Å². The standard InChI is InChI=1S/C13H17BrN2O3/c14-10-5-9(6-11-13(10)19-8-18-11)7-16-4-2-1-3-12(15)17/h5-6,16H,1-4,7-8H2,(H2,15,17). The molecule has 1 aliphatic rings. The van der Waals surface area contributed by atoms with Crippen molar-refractivity contribution in [3.05, 3.63) is 22.2 Å². The van der Waals surface area contributed by atoms with Crippen LogP contribution in [0.2, 0.25) is 0 Å². The number of primary amides is 1. The molecule has 1 amide bonds. The molecule has 6 heteroatoms. The van der Waals surface area contributed by atoms with E-state index in [-0.39, 0.29) is 12.7 Å². The lowest BCUT2D eigenvalue weighted by Gasteiger charge is -2.07. The van der Waals surface area contributed by atoms with Crippen molar-refractivity contribution in [3.8, 4) is 11.5 Å². The number of hydrogen-bond acceptors (Lipinski definition) is 4. The number of rotatable bonds is 7. The maximum absolute atomic E-state index is 10.6. The van der Waals surface area contributed by atoms with Crippen LogP contribution in [0.1, 0.15) is 24.8 Å². The quantitative estimate of drug-likeness (QED) is 0.750. The Hall–Kier alpha value is -1.27. The molecule has 0 spiro atoms. The average Bonchev–Trinajstić information content (AvgIpc) is 2.82. The second kappa shape index (κ2) is 6.77. The first-order valence-electron chi connectivity index (χ1n) is 6.24. The number of halogens is 1. The van der Waals surface area contributed by atoms with Crippen molar-refractivity contribution in [1.82, 2.24) is 5.32 Å². The van der Waals surface area contributed by atoms with Crippen molar-refractivity contribution < 1.29 is 14.3 Å². The summed E-state index contributed by atoms with van der Waals surface area (Å²) in [6, 6.07) is 3.99. The Balaban J connectivity index is 1.74. The van der Waals surface area contributed by atoms with Crippen LogP contribution in [-0.4, -0.2) is 19.2 Å². The van der Waals surface area contributed by atoms with Crippen LogP contribution >= 0.6 is 15.9 Å². The molecule has 3 N–H and O–H groups in total. The normalized spacial score (nSPS) is 12.7. The van der Waals surface area contributed by atoms with E-state index in [1.165, 1.54) is 0 Å². The minimum Gasteiger partial charge on any atom is -0.454 e. The molecule has 5 nitrogen and oxygen atoms in total. The highest BCUT2D eigenvalue weighted by Crippen LogP contribution is 2.39. The Labute approximate surface area is 120 Å². The Morgan fingerprint density at radius 3 is 3.00 bits per heavy atom. The molecule has 0 saturated heterocycles. The molecule has 0 aromatic heterocycles.